The first-order chi connectivity index (χ1) is 16.2. The lowest BCUT2D eigenvalue weighted by Gasteiger charge is -2.24. The van der Waals surface area contributed by atoms with E-state index >= 15 is 0 Å². The van der Waals surface area contributed by atoms with E-state index in [-0.39, 0.29) is 11.8 Å². The van der Waals surface area contributed by atoms with E-state index in [1.807, 2.05) is 43.3 Å². The van der Waals surface area contributed by atoms with Gasteiger partial charge in [-0.15, -0.1) is 11.6 Å². The van der Waals surface area contributed by atoms with Crippen LogP contribution in [0.3, 0.4) is 0 Å². The molecule has 0 bridgehead atoms. The molecule has 0 aliphatic carbocycles. The quantitative estimate of drug-likeness (QED) is 0.471. The topological polar surface area (TPSA) is 108 Å². The van der Waals surface area contributed by atoms with Crippen molar-refractivity contribution >= 4 is 51.5 Å². The van der Waals surface area contributed by atoms with Crippen molar-refractivity contribution in [1.82, 2.24) is 9.88 Å². The smallest absolute Gasteiger partial charge is 0.250 e. The second-order valence-corrected chi connectivity index (χ2v) is 9.18. The molecule has 0 spiro atoms. The summed E-state index contributed by atoms with van der Waals surface area (Å²) in [6, 6.07) is 11.3. The van der Waals surface area contributed by atoms with Gasteiger partial charge in [-0.2, -0.15) is 0 Å². The van der Waals surface area contributed by atoms with Crippen LogP contribution in [-0.2, 0) is 9.59 Å². The number of hydrogen-bond donors (Lipinski definition) is 3. The molecule has 4 rings (SSSR count). The highest BCUT2D eigenvalue weighted by atomic mass is 35.5. The van der Waals surface area contributed by atoms with E-state index < -0.39 is 11.3 Å². The second-order valence-electron chi connectivity index (χ2n) is 8.52. The van der Waals surface area contributed by atoms with Crippen LogP contribution in [0.1, 0.15) is 41.9 Å². The number of anilines is 1. The number of rotatable bonds is 5. The van der Waals surface area contributed by atoms with Crippen LogP contribution in [0.4, 0.5) is 5.69 Å². The maximum atomic E-state index is 12.2. The van der Waals surface area contributed by atoms with E-state index in [9.17, 15) is 14.4 Å². The molecule has 8 heteroatoms. The average molecular weight is 479 g/mol. The fourth-order valence-corrected chi connectivity index (χ4v) is 4.38. The Kier molecular flexibility index (Phi) is 6.48. The number of nitrogens with zero attached hydrogens (tertiary/aromatic N) is 1. The van der Waals surface area contributed by atoms with Crippen LogP contribution in [0.5, 0.6) is 0 Å². The molecule has 3 amide bonds. The highest BCUT2D eigenvalue weighted by molar-refractivity contribution is 6.32. The Labute approximate surface area is 203 Å². The third-order valence-corrected chi connectivity index (χ3v) is 6.50. The minimum Gasteiger partial charge on any atom is -0.366 e. The standard InChI is InChI=1S/C26H27ClN4O3/c1-14-18(5-4-6-22(14)30-26(34)15(2)27)19-7-8-20(25(28)33)24-21(19)13-23(29-24)17-9-11-31(12-10-17)16(3)32/h4-9,13,15,29H,10-12H2,1-3H3,(H2,28,33)(H,30,34). The summed E-state index contributed by atoms with van der Waals surface area (Å²) in [6.07, 6.45) is 2.75. The minimum atomic E-state index is -0.653. The molecule has 1 aromatic heterocycles. The van der Waals surface area contributed by atoms with E-state index in [1.54, 1.807) is 24.8 Å². The number of H-pyrrole nitrogens is 1. The summed E-state index contributed by atoms with van der Waals surface area (Å²) in [7, 11) is 0. The van der Waals surface area contributed by atoms with Crippen molar-refractivity contribution in [3.63, 3.8) is 0 Å². The minimum absolute atomic E-state index is 0.0521. The van der Waals surface area contributed by atoms with Crippen molar-refractivity contribution in [3.8, 4) is 11.1 Å². The Bertz CT molecular complexity index is 1340. The fraction of sp³-hybridized carbons (Fsp3) is 0.269. The summed E-state index contributed by atoms with van der Waals surface area (Å²) in [5, 5.41) is 3.08. The Morgan fingerprint density at radius 1 is 1.18 bits per heavy atom. The second kappa shape index (κ2) is 9.35. The SMILES string of the molecule is CC(=O)N1CC=C(c2cc3c(-c4cccc(NC(=O)C(C)Cl)c4C)ccc(C(N)=O)c3[nH]2)CC1. The lowest BCUT2D eigenvalue weighted by Crippen LogP contribution is -2.32. The molecule has 2 aromatic carbocycles. The van der Waals surface area contributed by atoms with Gasteiger partial charge in [0.25, 0.3) is 5.91 Å². The van der Waals surface area contributed by atoms with E-state index in [0.717, 1.165) is 33.3 Å². The zero-order valence-corrected chi connectivity index (χ0v) is 20.1. The number of carbonyl (C=O) groups is 3. The van der Waals surface area contributed by atoms with Crippen LogP contribution >= 0.6 is 11.6 Å². The van der Waals surface area contributed by atoms with Crippen LogP contribution in [0.2, 0.25) is 0 Å². The van der Waals surface area contributed by atoms with Gasteiger partial charge in [0, 0.05) is 36.8 Å². The highest BCUT2D eigenvalue weighted by Gasteiger charge is 2.20. The van der Waals surface area contributed by atoms with Crippen molar-refractivity contribution in [2.45, 2.75) is 32.6 Å². The Morgan fingerprint density at radius 2 is 1.94 bits per heavy atom. The van der Waals surface area contributed by atoms with Gasteiger partial charge in [0.05, 0.1) is 11.1 Å². The molecular formula is C26H27ClN4O3. The molecule has 0 saturated heterocycles. The molecule has 1 aliphatic heterocycles. The molecule has 1 atom stereocenters. The van der Waals surface area contributed by atoms with Gasteiger partial charge in [0.2, 0.25) is 11.8 Å². The molecule has 1 unspecified atom stereocenters. The van der Waals surface area contributed by atoms with Crippen LogP contribution in [0.25, 0.3) is 27.6 Å². The van der Waals surface area contributed by atoms with Gasteiger partial charge < -0.3 is 20.9 Å². The summed E-state index contributed by atoms with van der Waals surface area (Å²) >= 11 is 5.93. The molecule has 0 fully saturated rings. The maximum Gasteiger partial charge on any atom is 0.250 e. The van der Waals surface area contributed by atoms with Crippen molar-refractivity contribution in [1.29, 1.82) is 0 Å². The summed E-state index contributed by atoms with van der Waals surface area (Å²) in [5.74, 6) is -0.737. The third-order valence-electron chi connectivity index (χ3n) is 6.30. The number of hydrogen-bond acceptors (Lipinski definition) is 3. The number of carbonyl (C=O) groups excluding carboxylic acids is 3. The molecule has 3 aromatic rings. The van der Waals surface area contributed by atoms with Crippen LogP contribution in [0, 0.1) is 6.92 Å². The third kappa shape index (κ3) is 4.43. The normalized spacial score (nSPS) is 14.6. The number of fused-ring (bicyclic) bond motifs is 1. The van der Waals surface area contributed by atoms with E-state index in [1.165, 1.54) is 0 Å². The highest BCUT2D eigenvalue weighted by Crippen LogP contribution is 2.37. The maximum absolute atomic E-state index is 12.2. The number of aromatic amines is 1. The van der Waals surface area contributed by atoms with Gasteiger partial charge in [-0.3, -0.25) is 14.4 Å². The number of primary amides is 1. The zero-order chi connectivity index (χ0) is 24.6. The molecule has 2 heterocycles. The van der Waals surface area contributed by atoms with Crippen molar-refractivity contribution < 1.29 is 14.4 Å². The monoisotopic (exact) mass is 478 g/mol. The molecular weight excluding hydrogens is 452 g/mol. The first-order valence-electron chi connectivity index (χ1n) is 11.1. The first kappa shape index (κ1) is 23.6. The van der Waals surface area contributed by atoms with Crippen molar-refractivity contribution in [2.24, 2.45) is 5.73 Å². The molecule has 1 aliphatic rings. The molecule has 0 radical (unpaired) electrons. The number of nitrogens with two attached hydrogens (primary N) is 1. The van der Waals surface area contributed by atoms with Gasteiger partial charge in [-0.25, -0.2) is 0 Å². The Morgan fingerprint density at radius 3 is 2.56 bits per heavy atom. The van der Waals surface area contributed by atoms with E-state index in [0.29, 0.717) is 36.3 Å². The summed E-state index contributed by atoms with van der Waals surface area (Å²) in [6.45, 7) is 6.32. The Balaban J connectivity index is 1.82. The Hall–Kier alpha value is -3.58. The lowest BCUT2D eigenvalue weighted by molar-refractivity contribution is -0.128. The van der Waals surface area contributed by atoms with E-state index in [4.69, 9.17) is 17.3 Å². The number of halogens is 1. The van der Waals surface area contributed by atoms with Gasteiger partial charge in [-0.05, 0) is 60.7 Å². The summed E-state index contributed by atoms with van der Waals surface area (Å²) < 4.78 is 0. The van der Waals surface area contributed by atoms with Crippen LogP contribution in [0.15, 0.2) is 42.5 Å². The molecule has 0 saturated carbocycles. The zero-order valence-electron chi connectivity index (χ0n) is 19.4. The van der Waals surface area contributed by atoms with Gasteiger partial charge in [0.1, 0.15) is 5.38 Å². The van der Waals surface area contributed by atoms with E-state index in [2.05, 4.69) is 10.3 Å². The molecule has 4 N–H and O–H groups in total. The largest absolute Gasteiger partial charge is 0.366 e. The van der Waals surface area contributed by atoms with Crippen molar-refractivity contribution in [2.75, 3.05) is 18.4 Å². The number of nitrogens with one attached hydrogen (secondary N) is 2. The van der Waals surface area contributed by atoms with Crippen molar-refractivity contribution in [3.05, 3.63) is 59.3 Å². The lowest BCUT2D eigenvalue weighted by atomic mass is 9.94. The molecule has 7 nitrogen and oxygen atoms in total. The fourth-order valence-electron chi connectivity index (χ4n) is 4.33. The van der Waals surface area contributed by atoms with Crippen LogP contribution < -0.4 is 11.1 Å². The molecule has 34 heavy (non-hydrogen) atoms. The van der Waals surface area contributed by atoms with Gasteiger partial charge in [-0.1, -0.05) is 24.3 Å². The number of amides is 3. The van der Waals surface area contributed by atoms with Gasteiger partial charge >= 0.3 is 0 Å². The summed E-state index contributed by atoms with van der Waals surface area (Å²) in [5.41, 5.74) is 12.1. The predicted molar refractivity (Wildman–Crippen MR) is 136 cm³/mol. The molecule has 176 valence electrons. The number of aromatic nitrogens is 1. The number of benzene rings is 2. The predicted octanol–water partition coefficient (Wildman–Crippen LogP) is 4.44. The van der Waals surface area contributed by atoms with Gasteiger partial charge in [0.15, 0.2) is 0 Å². The first-order valence-corrected chi connectivity index (χ1v) is 11.6. The number of alkyl halides is 1. The average Bonchev–Trinajstić information content (AvgIpc) is 3.25. The summed E-state index contributed by atoms with van der Waals surface area (Å²) in [4.78, 5) is 41.2. The van der Waals surface area contributed by atoms with Crippen LogP contribution in [-0.4, -0.2) is 46.1 Å².